The van der Waals surface area contributed by atoms with Crippen molar-refractivity contribution >= 4 is 54.3 Å². The second kappa shape index (κ2) is 12.7. The minimum Gasteiger partial charge on any atom is -0.456 e. The molecule has 55 heavy (non-hydrogen) atoms. The Morgan fingerprint density at radius 2 is 0.673 bits per heavy atom. The van der Waals surface area contributed by atoms with Crippen molar-refractivity contribution in [2.75, 3.05) is 0 Å². The fourth-order valence-corrected chi connectivity index (χ4v) is 8.73. The van der Waals surface area contributed by atoms with Crippen molar-refractivity contribution in [3.05, 3.63) is 206 Å². The Labute approximate surface area is 319 Å². The third-order valence-corrected chi connectivity index (χ3v) is 11.3. The Bertz CT molecular complexity index is 3170. The monoisotopic (exact) mass is 698 g/mol. The van der Waals surface area contributed by atoms with Gasteiger partial charge in [0.1, 0.15) is 11.2 Å². The minimum atomic E-state index is 0.917. The van der Waals surface area contributed by atoms with Crippen LogP contribution in [0.5, 0.6) is 0 Å². The lowest BCUT2D eigenvalue weighted by Gasteiger charge is -2.18. The van der Waals surface area contributed by atoms with Gasteiger partial charge in [-0.05, 0) is 106 Å². The Hall–Kier alpha value is -7.22. The predicted molar refractivity (Wildman–Crippen MR) is 233 cm³/mol. The number of hydrogen-bond donors (Lipinski definition) is 0. The topological polar surface area (TPSA) is 13.1 Å². The van der Waals surface area contributed by atoms with Gasteiger partial charge in [-0.3, -0.25) is 0 Å². The number of rotatable bonds is 5. The first kappa shape index (κ1) is 31.3. The van der Waals surface area contributed by atoms with Gasteiger partial charge in [-0.2, -0.15) is 0 Å². The summed E-state index contributed by atoms with van der Waals surface area (Å²) >= 11 is 0. The molecule has 10 aromatic carbocycles. The van der Waals surface area contributed by atoms with Gasteiger partial charge in [0.05, 0.1) is 0 Å². The van der Waals surface area contributed by atoms with Crippen LogP contribution in [0.25, 0.3) is 110 Å². The van der Waals surface area contributed by atoms with E-state index in [0.717, 1.165) is 21.9 Å². The normalized spacial score (nSPS) is 11.6. The first-order chi connectivity index (χ1) is 27.3. The van der Waals surface area contributed by atoms with Gasteiger partial charge in [0, 0.05) is 10.8 Å². The summed E-state index contributed by atoms with van der Waals surface area (Å²) in [6.45, 7) is 0. The zero-order valence-corrected chi connectivity index (χ0v) is 30.0. The molecular formula is C54H34O. The van der Waals surface area contributed by atoms with Crippen LogP contribution >= 0.6 is 0 Å². The highest BCUT2D eigenvalue weighted by molar-refractivity contribution is 6.21. The summed E-state index contributed by atoms with van der Waals surface area (Å²) < 4.78 is 6.10. The number of hydrogen-bond acceptors (Lipinski definition) is 1. The van der Waals surface area contributed by atoms with Crippen LogP contribution in [0.3, 0.4) is 0 Å². The largest absolute Gasteiger partial charge is 0.456 e. The van der Waals surface area contributed by atoms with Gasteiger partial charge in [-0.1, -0.05) is 188 Å². The highest BCUT2D eigenvalue weighted by Crippen LogP contribution is 2.45. The molecule has 0 amide bonds. The van der Waals surface area contributed by atoms with E-state index in [1.54, 1.807) is 0 Å². The van der Waals surface area contributed by atoms with E-state index in [4.69, 9.17) is 4.42 Å². The standard InChI is InChI=1S/C54H34O/c1-2-14-41-36(12-1)13-11-22-44(41)43-16-4-3-15-42(43)37-26-30-39(31-27-37)54-48-20-7-5-18-46(48)53(47-19-6-8-21-49(47)54)38-28-24-35(25-29-38)40-32-33-52-50(34-40)45-17-9-10-23-51(45)55-52/h1-34H. The molecule has 256 valence electrons. The molecule has 0 unspecified atom stereocenters. The molecule has 1 nitrogen and oxygen atoms in total. The maximum Gasteiger partial charge on any atom is 0.135 e. The lowest BCUT2D eigenvalue weighted by molar-refractivity contribution is 0.669. The van der Waals surface area contributed by atoms with Gasteiger partial charge in [-0.15, -0.1) is 0 Å². The molecule has 1 aromatic heterocycles. The fourth-order valence-electron chi connectivity index (χ4n) is 8.73. The molecule has 1 heterocycles. The van der Waals surface area contributed by atoms with Crippen molar-refractivity contribution in [1.29, 1.82) is 0 Å². The van der Waals surface area contributed by atoms with Crippen LogP contribution in [0.15, 0.2) is 211 Å². The summed E-state index contributed by atoms with van der Waals surface area (Å²) in [7, 11) is 0. The van der Waals surface area contributed by atoms with Crippen molar-refractivity contribution in [3.63, 3.8) is 0 Å². The summed E-state index contributed by atoms with van der Waals surface area (Å²) in [6.07, 6.45) is 0. The summed E-state index contributed by atoms with van der Waals surface area (Å²) in [6, 6.07) is 74.8. The van der Waals surface area contributed by atoms with Crippen molar-refractivity contribution in [2.24, 2.45) is 0 Å². The summed E-state index contributed by atoms with van der Waals surface area (Å²) in [5, 5.41) is 9.82. The summed E-state index contributed by atoms with van der Waals surface area (Å²) in [5.41, 5.74) is 14.1. The molecule has 0 aliphatic carbocycles. The second-order valence-electron chi connectivity index (χ2n) is 14.4. The van der Waals surface area contributed by atoms with E-state index in [9.17, 15) is 0 Å². The van der Waals surface area contributed by atoms with Crippen LogP contribution < -0.4 is 0 Å². The first-order valence-electron chi connectivity index (χ1n) is 18.9. The highest BCUT2D eigenvalue weighted by Gasteiger charge is 2.18. The van der Waals surface area contributed by atoms with Crippen LogP contribution in [0.4, 0.5) is 0 Å². The smallest absolute Gasteiger partial charge is 0.135 e. The molecule has 0 aliphatic heterocycles. The number of benzene rings is 10. The SMILES string of the molecule is c1ccc(-c2cccc3ccccc23)c(-c2ccc(-c3c4ccccc4c(-c4ccc(-c5ccc6oc7ccccc7c6c5)cc4)c4ccccc34)cc2)c1. The van der Waals surface area contributed by atoms with Gasteiger partial charge in [0.2, 0.25) is 0 Å². The molecule has 0 saturated carbocycles. The third-order valence-electron chi connectivity index (χ3n) is 11.3. The summed E-state index contributed by atoms with van der Waals surface area (Å²) in [4.78, 5) is 0. The minimum absolute atomic E-state index is 0.917. The van der Waals surface area contributed by atoms with Gasteiger partial charge in [0.15, 0.2) is 0 Å². The zero-order chi connectivity index (χ0) is 36.3. The summed E-state index contributed by atoms with van der Waals surface area (Å²) in [5.74, 6) is 0. The van der Waals surface area contributed by atoms with Crippen LogP contribution in [0.1, 0.15) is 0 Å². The maximum absolute atomic E-state index is 6.10. The van der Waals surface area contributed by atoms with E-state index in [1.165, 1.54) is 88.0 Å². The van der Waals surface area contributed by atoms with E-state index in [2.05, 4.69) is 194 Å². The van der Waals surface area contributed by atoms with E-state index in [-0.39, 0.29) is 0 Å². The molecule has 0 N–H and O–H groups in total. The van der Waals surface area contributed by atoms with Crippen LogP contribution in [-0.4, -0.2) is 0 Å². The highest BCUT2D eigenvalue weighted by atomic mass is 16.3. The van der Waals surface area contributed by atoms with Crippen molar-refractivity contribution in [3.8, 4) is 55.6 Å². The Morgan fingerprint density at radius 3 is 1.33 bits per heavy atom. The average molecular weight is 699 g/mol. The molecule has 0 aliphatic rings. The van der Waals surface area contributed by atoms with Gasteiger partial charge in [0.25, 0.3) is 0 Å². The van der Waals surface area contributed by atoms with Crippen molar-refractivity contribution < 1.29 is 4.42 Å². The molecule has 11 aromatic rings. The average Bonchev–Trinajstić information content (AvgIpc) is 3.64. The van der Waals surface area contributed by atoms with Crippen LogP contribution in [-0.2, 0) is 0 Å². The molecule has 0 spiro atoms. The van der Waals surface area contributed by atoms with E-state index in [0.29, 0.717) is 0 Å². The molecule has 1 heteroatoms. The van der Waals surface area contributed by atoms with Crippen molar-refractivity contribution in [1.82, 2.24) is 0 Å². The molecule has 0 fully saturated rings. The number of para-hydroxylation sites is 1. The van der Waals surface area contributed by atoms with Gasteiger partial charge in [-0.25, -0.2) is 0 Å². The molecule has 11 rings (SSSR count). The number of fused-ring (bicyclic) bond motifs is 6. The van der Waals surface area contributed by atoms with Crippen LogP contribution in [0.2, 0.25) is 0 Å². The molecule has 0 bridgehead atoms. The quantitative estimate of drug-likeness (QED) is 0.163. The Morgan fingerprint density at radius 1 is 0.236 bits per heavy atom. The fraction of sp³-hybridized carbons (Fsp3) is 0. The molecule has 0 radical (unpaired) electrons. The van der Waals surface area contributed by atoms with Gasteiger partial charge < -0.3 is 4.42 Å². The Kier molecular flexibility index (Phi) is 7.25. The lowest BCUT2D eigenvalue weighted by Crippen LogP contribution is -1.91. The number of furan rings is 1. The predicted octanol–water partition coefficient (Wildman–Crippen LogP) is 15.4. The van der Waals surface area contributed by atoms with E-state index >= 15 is 0 Å². The van der Waals surface area contributed by atoms with E-state index < -0.39 is 0 Å². The lowest BCUT2D eigenvalue weighted by atomic mass is 9.85. The molecule has 0 saturated heterocycles. The van der Waals surface area contributed by atoms with Gasteiger partial charge >= 0.3 is 0 Å². The maximum atomic E-state index is 6.10. The molecule has 0 atom stereocenters. The van der Waals surface area contributed by atoms with Crippen molar-refractivity contribution in [2.45, 2.75) is 0 Å². The Balaban J connectivity index is 1.01. The van der Waals surface area contributed by atoms with Crippen LogP contribution in [0, 0.1) is 0 Å². The second-order valence-corrected chi connectivity index (χ2v) is 14.4. The first-order valence-corrected chi connectivity index (χ1v) is 18.9. The molecular weight excluding hydrogens is 665 g/mol. The third kappa shape index (κ3) is 5.16. The van der Waals surface area contributed by atoms with E-state index in [1.807, 2.05) is 12.1 Å². The zero-order valence-electron chi connectivity index (χ0n) is 30.0.